The molecule has 0 aliphatic rings. The average molecular weight is 322 g/mol. The standard InChI is InChI=1S/C14H9Cl2N3S/c1-20-14-9(7-17)2-4-11(19-14)8-18-13-5-3-10(15)6-12(13)16/h2-6,8H,1H3. The first-order valence-electron chi connectivity index (χ1n) is 5.58. The Morgan fingerprint density at radius 2 is 2.10 bits per heavy atom. The van der Waals surface area contributed by atoms with Crippen molar-refractivity contribution < 1.29 is 0 Å². The van der Waals surface area contributed by atoms with Crippen LogP contribution in [0.1, 0.15) is 11.3 Å². The minimum absolute atomic E-state index is 0.479. The van der Waals surface area contributed by atoms with Crippen LogP contribution in [0.5, 0.6) is 0 Å². The third-order valence-corrected chi connectivity index (χ3v) is 3.68. The fourth-order valence-corrected chi connectivity index (χ4v) is 2.48. The van der Waals surface area contributed by atoms with Crippen molar-refractivity contribution in [3.8, 4) is 6.07 Å². The number of aromatic nitrogens is 1. The molecule has 0 aliphatic heterocycles. The highest BCUT2D eigenvalue weighted by Crippen LogP contribution is 2.27. The predicted octanol–water partition coefficient (Wildman–Crippen LogP) is 4.73. The molecular weight excluding hydrogens is 313 g/mol. The van der Waals surface area contributed by atoms with Crippen molar-refractivity contribution in [2.24, 2.45) is 4.99 Å². The molecule has 0 spiro atoms. The van der Waals surface area contributed by atoms with E-state index in [9.17, 15) is 0 Å². The number of nitrogens with zero attached hydrogens (tertiary/aromatic N) is 3. The molecule has 0 aliphatic carbocycles. The van der Waals surface area contributed by atoms with Crippen molar-refractivity contribution in [2.75, 3.05) is 6.26 Å². The largest absolute Gasteiger partial charge is 0.253 e. The molecule has 1 aromatic carbocycles. The lowest BCUT2D eigenvalue weighted by Gasteiger charge is -2.01. The van der Waals surface area contributed by atoms with Gasteiger partial charge in [0.2, 0.25) is 0 Å². The van der Waals surface area contributed by atoms with E-state index in [1.165, 1.54) is 11.8 Å². The number of thioether (sulfide) groups is 1. The summed E-state index contributed by atoms with van der Waals surface area (Å²) in [5, 5.41) is 10.7. The zero-order valence-electron chi connectivity index (χ0n) is 10.5. The van der Waals surface area contributed by atoms with Crippen molar-refractivity contribution >= 4 is 46.9 Å². The molecule has 0 radical (unpaired) electrons. The Balaban J connectivity index is 2.30. The minimum atomic E-state index is 0.479. The second-order valence-electron chi connectivity index (χ2n) is 3.76. The van der Waals surface area contributed by atoms with Crippen LogP contribution in [0.15, 0.2) is 40.4 Å². The van der Waals surface area contributed by atoms with E-state index in [1.807, 2.05) is 6.26 Å². The molecule has 1 aromatic heterocycles. The second kappa shape index (κ2) is 6.76. The van der Waals surface area contributed by atoms with Crippen molar-refractivity contribution in [1.29, 1.82) is 5.26 Å². The first kappa shape index (κ1) is 14.9. The Hall–Kier alpha value is -1.54. The van der Waals surface area contributed by atoms with Gasteiger partial charge in [-0.25, -0.2) is 4.98 Å². The number of rotatable bonds is 3. The van der Waals surface area contributed by atoms with Gasteiger partial charge >= 0.3 is 0 Å². The molecule has 3 nitrogen and oxygen atoms in total. The van der Waals surface area contributed by atoms with Crippen LogP contribution in [0.2, 0.25) is 10.0 Å². The number of aliphatic imine (C=N–C) groups is 1. The van der Waals surface area contributed by atoms with E-state index in [2.05, 4.69) is 16.0 Å². The van der Waals surface area contributed by atoms with Crippen LogP contribution < -0.4 is 0 Å². The molecule has 0 amide bonds. The monoisotopic (exact) mass is 321 g/mol. The number of pyridine rings is 1. The molecule has 2 rings (SSSR count). The summed E-state index contributed by atoms with van der Waals surface area (Å²) in [6.45, 7) is 0. The highest BCUT2D eigenvalue weighted by molar-refractivity contribution is 7.98. The van der Waals surface area contributed by atoms with E-state index in [1.54, 1.807) is 36.5 Å². The number of hydrogen-bond acceptors (Lipinski definition) is 4. The van der Waals surface area contributed by atoms with E-state index in [0.717, 1.165) is 0 Å². The van der Waals surface area contributed by atoms with Crippen LogP contribution >= 0.6 is 35.0 Å². The maximum absolute atomic E-state index is 8.94. The number of hydrogen-bond donors (Lipinski definition) is 0. The molecule has 0 bridgehead atoms. The lowest BCUT2D eigenvalue weighted by molar-refractivity contribution is 1.10. The Morgan fingerprint density at radius 3 is 2.75 bits per heavy atom. The Kier molecular flexibility index (Phi) is 5.02. The van der Waals surface area contributed by atoms with Gasteiger partial charge in [-0.05, 0) is 36.6 Å². The topological polar surface area (TPSA) is 49.0 Å². The predicted molar refractivity (Wildman–Crippen MR) is 84.4 cm³/mol. The summed E-state index contributed by atoms with van der Waals surface area (Å²) in [5.41, 5.74) is 1.84. The first-order valence-corrected chi connectivity index (χ1v) is 7.56. The summed E-state index contributed by atoms with van der Waals surface area (Å²) in [4.78, 5) is 8.62. The lowest BCUT2D eigenvalue weighted by atomic mass is 10.3. The lowest BCUT2D eigenvalue weighted by Crippen LogP contribution is -1.92. The molecule has 0 saturated heterocycles. The maximum atomic E-state index is 8.94. The van der Waals surface area contributed by atoms with Crippen LogP contribution in [-0.2, 0) is 0 Å². The van der Waals surface area contributed by atoms with E-state index >= 15 is 0 Å². The highest BCUT2D eigenvalue weighted by Gasteiger charge is 2.03. The molecule has 0 unspecified atom stereocenters. The molecular formula is C14H9Cl2N3S. The SMILES string of the molecule is CSc1nc(C=Nc2ccc(Cl)cc2Cl)ccc1C#N. The Bertz CT molecular complexity index is 708. The van der Waals surface area contributed by atoms with Crippen LogP contribution in [0, 0.1) is 11.3 Å². The molecule has 6 heteroatoms. The van der Waals surface area contributed by atoms with Crippen molar-refractivity contribution in [2.45, 2.75) is 5.03 Å². The van der Waals surface area contributed by atoms with Gasteiger partial charge in [0.15, 0.2) is 0 Å². The summed E-state index contributed by atoms with van der Waals surface area (Å²) in [6.07, 6.45) is 3.48. The first-order chi connectivity index (χ1) is 9.63. The van der Waals surface area contributed by atoms with Crippen molar-refractivity contribution in [3.63, 3.8) is 0 Å². The van der Waals surface area contributed by atoms with E-state index < -0.39 is 0 Å². The maximum Gasteiger partial charge on any atom is 0.114 e. The van der Waals surface area contributed by atoms with Crippen LogP contribution in [0.3, 0.4) is 0 Å². The van der Waals surface area contributed by atoms with Gasteiger partial charge in [-0.2, -0.15) is 5.26 Å². The van der Waals surface area contributed by atoms with Crippen LogP contribution in [0.4, 0.5) is 5.69 Å². The highest BCUT2D eigenvalue weighted by atomic mass is 35.5. The van der Waals surface area contributed by atoms with Gasteiger partial charge in [-0.1, -0.05) is 23.2 Å². The summed E-state index contributed by atoms with van der Waals surface area (Å²) in [7, 11) is 0. The van der Waals surface area contributed by atoms with Gasteiger partial charge in [0.1, 0.15) is 11.1 Å². The van der Waals surface area contributed by atoms with Gasteiger partial charge < -0.3 is 0 Å². The smallest absolute Gasteiger partial charge is 0.114 e. The van der Waals surface area contributed by atoms with Crippen molar-refractivity contribution in [1.82, 2.24) is 4.98 Å². The Morgan fingerprint density at radius 1 is 1.30 bits per heavy atom. The Labute approximate surface area is 131 Å². The van der Waals surface area contributed by atoms with E-state index in [-0.39, 0.29) is 0 Å². The molecule has 2 aromatic rings. The summed E-state index contributed by atoms with van der Waals surface area (Å²) in [6, 6.07) is 10.7. The minimum Gasteiger partial charge on any atom is -0.253 e. The van der Waals surface area contributed by atoms with Crippen molar-refractivity contribution in [3.05, 3.63) is 51.6 Å². The van der Waals surface area contributed by atoms with E-state index in [4.69, 9.17) is 28.5 Å². The zero-order valence-corrected chi connectivity index (χ0v) is 12.8. The summed E-state index contributed by atoms with van der Waals surface area (Å²) < 4.78 is 0. The molecule has 0 saturated carbocycles. The van der Waals surface area contributed by atoms with Gasteiger partial charge in [0, 0.05) is 5.02 Å². The number of nitriles is 1. The quantitative estimate of drug-likeness (QED) is 0.606. The second-order valence-corrected chi connectivity index (χ2v) is 5.40. The van der Waals surface area contributed by atoms with Gasteiger partial charge in [-0.3, -0.25) is 4.99 Å². The van der Waals surface area contributed by atoms with Crippen LogP contribution in [0.25, 0.3) is 0 Å². The summed E-state index contributed by atoms with van der Waals surface area (Å²) >= 11 is 13.3. The molecule has 100 valence electrons. The molecule has 0 fully saturated rings. The number of halogens is 2. The molecule has 0 atom stereocenters. The molecule has 1 heterocycles. The third kappa shape index (κ3) is 3.51. The third-order valence-electron chi connectivity index (χ3n) is 2.44. The molecule has 20 heavy (non-hydrogen) atoms. The van der Waals surface area contributed by atoms with Gasteiger partial charge in [0.05, 0.1) is 28.2 Å². The fourth-order valence-electron chi connectivity index (χ4n) is 1.49. The number of benzene rings is 1. The summed E-state index contributed by atoms with van der Waals surface area (Å²) in [5.74, 6) is 0. The van der Waals surface area contributed by atoms with Gasteiger partial charge in [-0.15, -0.1) is 11.8 Å². The fraction of sp³-hybridized carbons (Fsp3) is 0.0714. The zero-order chi connectivity index (χ0) is 14.5. The normalized spacial score (nSPS) is 10.7. The molecule has 0 N–H and O–H groups in total. The van der Waals surface area contributed by atoms with E-state index in [0.29, 0.717) is 32.0 Å². The van der Waals surface area contributed by atoms with Gasteiger partial charge in [0.25, 0.3) is 0 Å². The van der Waals surface area contributed by atoms with Crippen LogP contribution in [-0.4, -0.2) is 17.5 Å². The average Bonchev–Trinajstić information content (AvgIpc) is 2.46.